The molecule has 112 valence electrons. The third-order valence-electron chi connectivity index (χ3n) is 2.34. The van der Waals surface area contributed by atoms with Crippen molar-refractivity contribution in [3.05, 3.63) is 0 Å². The Morgan fingerprint density at radius 2 is 2.11 bits per heavy atom. The lowest BCUT2D eigenvalue weighted by molar-refractivity contribution is 0.00630. The second-order valence-electron chi connectivity index (χ2n) is 5.32. The molecule has 2 atom stereocenters. The smallest absolute Gasteiger partial charge is 0.412 e. The highest BCUT2D eigenvalue weighted by Crippen LogP contribution is 2.13. The van der Waals surface area contributed by atoms with Gasteiger partial charge >= 0.3 is 6.09 Å². The Morgan fingerprint density at radius 1 is 1.53 bits per heavy atom. The maximum absolute atomic E-state index is 12.1. The monoisotopic (exact) mass is 290 g/mol. The molecule has 0 rings (SSSR count). The standard InChI is InChI=1S/C13H26N2O3S/c1-7-11(16)8-15(10(2)14-9-19-6)12(17)18-13(3,4)5/h9-11,16H,7-8H2,1-6H3. The van der Waals surface area contributed by atoms with Gasteiger partial charge < -0.3 is 9.84 Å². The van der Waals surface area contributed by atoms with Gasteiger partial charge in [-0.15, -0.1) is 11.8 Å². The molecule has 0 aromatic rings. The molecule has 0 heterocycles. The number of carbonyl (C=O) groups excluding carboxylic acids is 1. The summed E-state index contributed by atoms with van der Waals surface area (Å²) in [4.78, 5) is 17.8. The number of ether oxygens (including phenoxy) is 1. The number of aliphatic hydroxyl groups excluding tert-OH is 1. The van der Waals surface area contributed by atoms with Crippen molar-refractivity contribution in [2.45, 2.75) is 58.9 Å². The molecule has 0 aromatic carbocycles. The van der Waals surface area contributed by atoms with Crippen molar-refractivity contribution >= 4 is 23.4 Å². The molecular weight excluding hydrogens is 264 g/mol. The Balaban J connectivity index is 4.84. The predicted molar refractivity (Wildman–Crippen MR) is 80.7 cm³/mol. The second-order valence-corrected chi connectivity index (χ2v) is 6.00. The minimum Gasteiger partial charge on any atom is -0.444 e. The largest absolute Gasteiger partial charge is 0.444 e. The van der Waals surface area contributed by atoms with Gasteiger partial charge in [-0.3, -0.25) is 9.89 Å². The summed E-state index contributed by atoms with van der Waals surface area (Å²) in [5, 5.41) is 9.74. The highest BCUT2D eigenvalue weighted by molar-refractivity contribution is 8.11. The Hall–Kier alpha value is -0.750. The number of amides is 1. The van der Waals surface area contributed by atoms with Crippen LogP contribution in [0.2, 0.25) is 0 Å². The molecule has 0 radical (unpaired) electrons. The lowest BCUT2D eigenvalue weighted by atomic mass is 10.2. The first kappa shape index (κ1) is 18.2. The van der Waals surface area contributed by atoms with Crippen LogP contribution < -0.4 is 0 Å². The summed E-state index contributed by atoms with van der Waals surface area (Å²) in [5.74, 6) is 0. The predicted octanol–water partition coefficient (Wildman–Crippen LogP) is 2.73. The third kappa shape index (κ3) is 8.10. The zero-order valence-corrected chi connectivity index (χ0v) is 13.5. The van der Waals surface area contributed by atoms with E-state index in [9.17, 15) is 9.90 Å². The Morgan fingerprint density at radius 3 is 2.53 bits per heavy atom. The number of rotatable bonds is 6. The van der Waals surface area contributed by atoms with E-state index in [1.165, 1.54) is 16.7 Å². The summed E-state index contributed by atoms with van der Waals surface area (Å²) in [5.41, 5.74) is 1.12. The van der Waals surface area contributed by atoms with Crippen LogP contribution in [0.15, 0.2) is 4.99 Å². The van der Waals surface area contributed by atoms with Crippen molar-refractivity contribution in [3.63, 3.8) is 0 Å². The van der Waals surface area contributed by atoms with Crippen molar-refractivity contribution in [1.82, 2.24) is 4.90 Å². The van der Waals surface area contributed by atoms with Crippen molar-refractivity contribution < 1.29 is 14.6 Å². The molecule has 0 aliphatic carbocycles. The Labute approximate surface area is 120 Å². The summed E-state index contributed by atoms with van der Waals surface area (Å²) in [6, 6.07) is 0. The van der Waals surface area contributed by atoms with E-state index in [4.69, 9.17) is 4.74 Å². The highest BCUT2D eigenvalue weighted by atomic mass is 32.2. The second kappa shape index (κ2) is 8.43. The first-order chi connectivity index (χ1) is 8.71. The minimum atomic E-state index is -0.570. The van der Waals surface area contributed by atoms with Gasteiger partial charge in [0.05, 0.1) is 18.2 Å². The number of carbonyl (C=O) groups is 1. The maximum atomic E-state index is 12.1. The zero-order chi connectivity index (χ0) is 15.1. The van der Waals surface area contributed by atoms with Crippen LogP contribution in [0.3, 0.4) is 0 Å². The molecule has 1 N–H and O–H groups in total. The van der Waals surface area contributed by atoms with Crippen LogP contribution in [-0.4, -0.2) is 52.3 Å². The number of hydrogen-bond acceptors (Lipinski definition) is 5. The molecule has 1 amide bonds. The molecule has 0 saturated heterocycles. The SMILES string of the molecule is CCC(O)CN(C(=O)OC(C)(C)C)C(C)N=CSC. The minimum absolute atomic E-state index is 0.221. The lowest BCUT2D eigenvalue weighted by Gasteiger charge is -2.31. The summed E-state index contributed by atoms with van der Waals surface area (Å²) in [6.07, 6.45) is 1.10. The van der Waals surface area contributed by atoms with Gasteiger partial charge in [-0.05, 0) is 40.4 Å². The molecular formula is C13H26N2O3S. The van der Waals surface area contributed by atoms with E-state index in [0.717, 1.165) is 0 Å². The molecule has 0 aromatic heterocycles. The average molecular weight is 290 g/mol. The van der Waals surface area contributed by atoms with E-state index < -0.39 is 17.8 Å². The van der Waals surface area contributed by atoms with Crippen LogP contribution >= 0.6 is 11.8 Å². The van der Waals surface area contributed by atoms with E-state index in [2.05, 4.69) is 4.99 Å². The van der Waals surface area contributed by atoms with E-state index in [0.29, 0.717) is 6.42 Å². The number of aliphatic hydroxyl groups is 1. The van der Waals surface area contributed by atoms with Crippen LogP contribution in [0, 0.1) is 0 Å². The summed E-state index contributed by atoms with van der Waals surface area (Å²) < 4.78 is 5.34. The Kier molecular flexibility index (Phi) is 8.09. The molecule has 0 aliphatic rings. The van der Waals surface area contributed by atoms with Crippen LogP contribution in [0.5, 0.6) is 0 Å². The molecule has 19 heavy (non-hydrogen) atoms. The summed E-state index contributed by atoms with van der Waals surface area (Å²) in [6.45, 7) is 9.34. The first-order valence-electron chi connectivity index (χ1n) is 6.43. The molecule has 0 bridgehead atoms. The van der Waals surface area contributed by atoms with Crippen LogP contribution in [0.4, 0.5) is 4.79 Å². The molecule has 0 fully saturated rings. The quantitative estimate of drug-likeness (QED) is 0.603. The fraction of sp³-hybridized carbons (Fsp3) is 0.846. The van der Waals surface area contributed by atoms with E-state index in [1.54, 1.807) is 12.5 Å². The van der Waals surface area contributed by atoms with Gasteiger partial charge in [0.15, 0.2) is 0 Å². The molecule has 0 aliphatic heterocycles. The van der Waals surface area contributed by atoms with Crippen LogP contribution in [0.1, 0.15) is 41.0 Å². The van der Waals surface area contributed by atoms with E-state index in [1.807, 2.05) is 34.0 Å². The van der Waals surface area contributed by atoms with Gasteiger partial charge in [-0.25, -0.2) is 4.79 Å². The van der Waals surface area contributed by atoms with Crippen molar-refractivity contribution in [1.29, 1.82) is 0 Å². The third-order valence-corrected chi connectivity index (χ3v) is 2.67. The number of thioether (sulfide) groups is 1. The summed E-state index contributed by atoms with van der Waals surface area (Å²) >= 11 is 1.46. The van der Waals surface area contributed by atoms with Gasteiger partial charge in [0.1, 0.15) is 11.8 Å². The molecule has 0 spiro atoms. The van der Waals surface area contributed by atoms with Gasteiger partial charge in [0.25, 0.3) is 0 Å². The average Bonchev–Trinajstić information content (AvgIpc) is 2.30. The van der Waals surface area contributed by atoms with Gasteiger partial charge in [0.2, 0.25) is 0 Å². The Bertz CT molecular complexity index is 303. The number of aliphatic imine (C=N–C) groups is 1. The molecule has 2 unspecified atom stereocenters. The maximum Gasteiger partial charge on any atom is 0.412 e. The number of nitrogens with zero attached hydrogens (tertiary/aromatic N) is 2. The van der Waals surface area contributed by atoms with Gasteiger partial charge in [0, 0.05) is 0 Å². The highest BCUT2D eigenvalue weighted by Gasteiger charge is 2.27. The van der Waals surface area contributed by atoms with Gasteiger partial charge in [-0.2, -0.15) is 0 Å². The first-order valence-corrected chi connectivity index (χ1v) is 7.72. The zero-order valence-electron chi connectivity index (χ0n) is 12.7. The van der Waals surface area contributed by atoms with E-state index in [-0.39, 0.29) is 12.7 Å². The van der Waals surface area contributed by atoms with Crippen molar-refractivity contribution in [2.24, 2.45) is 4.99 Å². The fourth-order valence-electron chi connectivity index (χ4n) is 1.29. The normalized spacial score (nSPS) is 15.3. The van der Waals surface area contributed by atoms with Gasteiger partial charge in [-0.1, -0.05) is 6.92 Å². The van der Waals surface area contributed by atoms with Crippen molar-refractivity contribution in [3.8, 4) is 0 Å². The topological polar surface area (TPSA) is 62.1 Å². The van der Waals surface area contributed by atoms with Crippen LogP contribution in [0.25, 0.3) is 0 Å². The van der Waals surface area contributed by atoms with Crippen molar-refractivity contribution in [2.75, 3.05) is 12.8 Å². The summed E-state index contributed by atoms with van der Waals surface area (Å²) in [7, 11) is 0. The lowest BCUT2D eigenvalue weighted by Crippen LogP contribution is -2.45. The molecule has 0 saturated carbocycles. The fourth-order valence-corrected chi connectivity index (χ4v) is 1.58. The van der Waals surface area contributed by atoms with Crippen LogP contribution in [-0.2, 0) is 4.74 Å². The molecule has 6 heteroatoms. The van der Waals surface area contributed by atoms with E-state index >= 15 is 0 Å². The molecule has 5 nitrogen and oxygen atoms in total. The number of hydrogen-bond donors (Lipinski definition) is 1.